The number of nitrogens with zero attached hydrogens (tertiary/aromatic N) is 1. The molecule has 0 aromatic heterocycles. The highest BCUT2D eigenvalue weighted by Crippen LogP contribution is 2.47. The molecule has 2 aliphatic rings. The first kappa shape index (κ1) is 14.8. The maximum Gasteiger partial charge on any atom is 0.189 e. The first-order valence-corrected chi connectivity index (χ1v) is 6.56. The van der Waals surface area contributed by atoms with E-state index >= 15 is 0 Å². The summed E-state index contributed by atoms with van der Waals surface area (Å²) in [6.45, 7) is 0. The molecular weight excluding hydrogens is 380 g/mol. The second kappa shape index (κ2) is 5.83. The summed E-state index contributed by atoms with van der Waals surface area (Å²) in [7, 11) is 0. The summed E-state index contributed by atoms with van der Waals surface area (Å²) in [6, 6.07) is 5.32. The van der Waals surface area contributed by atoms with Gasteiger partial charge in [0.1, 0.15) is 5.82 Å². The smallest absolute Gasteiger partial charge is 0.189 e. The van der Waals surface area contributed by atoms with Crippen LogP contribution in [0.2, 0.25) is 5.02 Å². The summed E-state index contributed by atoms with van der Waals surface area (Å²) in [5, 5.41) is 3.61. The lowest BCUT2D eigenvalue weighted by atomic mass is 10.1. The molecule has 2 atom stereocenters. The molecule has 3 N–H and O–H groups in total. The summed E-state index contributed by atoms with van der Waals surface area (Å²) in [5.74, 6) is 0.287. The SMILES string of the molecule is I.NC(=NC1CC1c1c(F)cccc1Cl)NC1CC1. The molecule has 0 amide bonds. The van der Waals surface area contributed by atoms with Crippen LogP contribution in [-0.4, -0.2) is 18.0 Å². The number of halogens is 3. The van der Waals surface area contributed by atoms with E-state index in [1.807, 2.05) is 0 Å². The molecule has 0 heterocycles. The Morgan fingerprint density at radius 1 is 1.42 bits per heavy atom. The predicted molar refractivity (Wildman–Crippen MR) is 85.8 cm³/mol. The highest BCUT2D eigenvalue weighted by Gasteiger charge is 2.41. The van der Waals surface area contributed by atoms with Crippen LogP contribution in [0.15, 0.2) is 23.2 Å². The predicted octanol–water partition coefficient (Wildman–Crippen LogP) is 3.02. The minimum atomic E-state index is -0.251. The number of rotatable bonds is 3. The van der Waals surface area contributed by atoms with Crippen molar-refractivity contribution in [1.82, 2.24) is 5.32 Å². The minimum absolute atomic E-state index is 0. The molecule has 1 aromatic carbocycles. The fourth-order valence-electron chi connectivity index (χ4n) is 2.15. The third-order valence-electron chi connectivity index (χ3n) is 3.36. The zero-order valence-electron chi connectivity index (χ0n) is 10.3. The monoisotopic (exact) mass is 395 g/mol. The Balaban J connectivity index is 0.00000133. The maximum absolute atomic E-state index is 13.7. The lowest BCUT2D eigenvalue weighted by molar-refractivity contribution is 0.609. The number of hydrogen-bond acceptors (Lipinski definition) is 1. The van der Waals surface area contributed by atoms with Gasteiger partial charge in [-0.3, -0.25) is 0 Å². The number of benzene rings is 1. The first-order chi connectivity index (χ1) is 8.65. The minimum Gasteiger partial charge on any atom is -0.370 e. The molecule has 0 bridgehead atoms. The van der Waals surface area contributed by atoms with Crippen molar-refractivity contribution in [3.05, 3.63) is 34.6 Å². The van der Waals surface area contributed by atoms with Crippen LogP contribution in [0.1, 0.15) is 30.7 Å². The topological polar surface area (TPSA) is 50.4 Å². The Morgan fingerprint density at radius 3 is 2.79 bits per heavy atom. The van der Waals surface area contributed by atoms with Crippen LogP contribution in [0.4, 0.5) is 4.39 Å². The molecule has 0 radical (unpaired) electrons. The summed E-state index contributed by atoms with van der Waals surface area (Å²) < 4.78 is 13.7. The largest absolute Gasteiger partial charge is 0.370 e. The zero-order chi connectivity index (χ0) is 12.7. The van der Waals surface area contributed by atoms with Gasteiger partial charge in [-0.25, -0.2) is 9.38 Å². The van der Waals surface area contributed by atoms with Crippen molar-refractivity contribution >= 4 is 41.5 Å². The third-order valence-corrected chi connectivity index (χ3v) is 3.69. The first-order valence-electron chi connectivity index (χ1n) is 6.19. The molecule has 2 unspecified atom stereocenters. The van der Waals surface area contributed by atoms with Crippen molar-refractivity contribution in [2.45, 2.75) is 37.3 Å². The molecular formula is C13H16ClFIN3. The fourth-order valence-corrected chi connectivity index (χ4v) is 2.46. The van der Waals surface area contributed by atoms with Crippen LogP contribution in [0.25, 0.3) is 0 Å². The van der Waals surface area contributed by atoms with Gasteiger partial charge in [0.2, 0.25) is 0 Å². The molecule has 19 heavy (non-hydrogen) atoms. The second-order valence-corrected chi connectivity index (χ2v) is 5.39. The Morgan fingerprint density at radius 2 is 2.16 bits per heavy atom. The van der Waals surface area contributed by atoms with Gasteiger partial charge in [-0.1, -0.05) is 17.7 Å². The normalized spacial score (nSPS) is 25.7. The Hall–Kier alpha value is -0.560. The van der Waals surface area contributed by atoms with E-state index in [4.69, 9.17) is 17.3 Å². The third kappa shape index (κ3) is 3.51. The molecule has 2 aliphatic carbocycles. The fraction of sp³-hybridized carbons (Fsp3) is 0.462. The summed E-state index contributed by atoms with van der Waals surface area (Å²) in [5.41, 5.74) is 6.36. The van der Waals surface area contributed by atoms with Crippen molar-refractivity contribution in [3.63, 3.8) is 0 Å². The molecule has 0 saturated heterocycles. The molecule has 3 rings (SSSR count). The van der Waals surface area contributed by atoms with Crippen molar-refractivity contribution < 1.29 is 4.39 Å². The lowest BCUT2D eigenvalue weighted by Crippen LogP contribution is -2.33. The van der Waals surface area contributed by atoms with E-state index in [-0.39, 0.29) is 41.8 Å². The van der Waals surface area contributed by atoms with Gasteiger partial charge in [0, 0.05) is 22.5 Å². The average molecular weight is 396 g/mol. The zero-order valence-corrected chi connectivity index (χ0v) is 13.4. The Labute approximate surface area is 133 Å². The Bertz CT molecular complexity index is 484. The van der Waals surface area contributed by atoms with Crippen molar-refractivity contribution in [3.8, 4) is 0 Å². The number of guanidine groups is 1. The Kier molecular flexibility index (Phi) is 4.55. The summed E-state index contributed by atoms with van der Waals surface area (Å²) >= 11 is 6.03. The van der Waals surface area contributed by atoms with Gasteiger partial charge in [-0.05, 0) is 31.4 Å². The number of nitrogens with one attached hydrogen (secondary N) is 1. The van der Waals surface area contributed by atoms with E-state index in [0.29, 0.717) is 22.6 Å². The van der Waals surface area contributed by atoms with E-state index in [2.05, 4.69) is 10.3 Å². The van der Waals surface area contributed by atoms with Crippen LogP contribution in [-0.2, 0) is 0 Å². The molecule has 6 heteroatoms. The van der Waals surface area contributed by atoms with Gasteiger partial charge >= 0.3 is 0 Å². The number of hydrogen-bond donors (Lipinski definition) is 2. The molecule has 0 spiro atoms. The number of aliphatic imine (C=N–C) groups is 1. The second-order valence-electron chi connectivity index (χ2n) is 4.98. The van der Waals surface area contributed by atoms with Crippen LogP contribution in [0.5, 0.6) is 0 Å². The average Bonchev–Trinajstić information content (AvgIpc) is 3.18. The molecule has 3 nitrogen and oxygen atoms in total. The van der Waals surface area contributed by atoms with E-state index in [9.17, 15) is 4.39 Å². The van der Waals surface area contributed by atoms with Gasteiger partial charge in [0.15, 0.2) is 5.96 Å². The lowest BCUT2D eigenvalue weighted by Gasteiger charge is -2.05. The van der Waals surface area contributed by atoms with Crippen molar-refractivity contribution in [1.29, 1.82) is 0 Å². The maximum atomic E-state index is 13.7. The summed E-state index contributed by atoms with van der Waals surface area (Å²) in [6.07, 6.45) is 3.13. The van der Waals surface area contributed by atoms with E-state index in [1.54, 1.807) is 12.1 Å². The van der Waals surface area contributed by atoms with E-state index in [0.717, 1.165) is 19.3 Å². The van der Waals surface area contributed by atoms with Gasteiger partial charge in [0.05, 0.1) is 6.04 Å². The van der Waals surface area contributed by atoms with Crippen LogP contribution in [0.3, 0.4) is 0 Å². The van der Waals surface area contributed by atoms with E-state index < -0.39 is 0 Å². The quantitative estimate of drug-likeness (QED) is 0.470. The van der Waals surface area contributed by atoms with Crippen molar-refractivity contribution in [2.75, 3.05) is 0 Å². The standard InChI is InChI=1S/C13H15ClFN3.HI/c14-9-2-1-3-10(15)12(9)8-6-11(8)18-13(16)17-7-4-5-7;/h1-3,7-8,11H,4-6H2,(H3,16,17,18);1H. The molecule has 0 aliphatic heterocycles. The number of nitrogens with two attached hydrogens (primary N) is 1. The van der Waals surface area contributed by atoms with Crippen LogP contribution < -0.4 is 11.1 Å². The summed E-state index contributed by atoms with van der Waals surface area (Å²) in [4.78, 5) is 4.37. The highest BCUT2D eigenvalue weighted by molar-refractivity contribution is 14.0. The van der Waals surface area contributed by atoms with Crippen molar-refractivity contribution in [2.24, 2.45) is 10.7 Å². The molecule has 104 valence electrons. The van der Waals surface area contributed by atoms with Crippen LogP contribution >= 0.6 is 35.6 Å². The molecule has 2 fully saturated rings. The van der Waals surface area contributed by atoms with Crippen LogP contribution in [0, 0.1) is 5.82 Å². The van der Waals surface area contributed by atoms with E-state index in [1.165, 1.54) is 6.07 Å². The van der Waals surface area contributed by atoms with Gasteiger partial charge < -0.3 is 11.1 Å². The molecule has 2 saturated carbocycles. The van der Waals surface area contributed by atoms with Gasteiger partial charge in [-0.2, -0.15) is 0 Å². The van der Waals surface area contributed by atoms with Gasteiger partial charge in [-0.15, -0.1) is 24.0 Å². The highest BCUT2D eigenvalue weighted by atomic mass is 127. The molecule has 1 aromatic rings. The van der Waals surface area contributed by atoms with Gasteiger partial charge in [0.25, 0.3) is 0 Å².